The highest BCUT2D eigenvalue weighted by atomic mass is 32.2. The van der Waals surface area contributed by atoms with E-state index in [-0.39, 0.29) is 0 Å². The van der Waals surface area contributed by atoms with Crippen molar-refractivity contribution in [2.24, 2.45) is 5.92 Å². The smallest absolute Gasteiger partial charge is 0.0256 e. The number of hydrogen-bond acceptors (Lipinski definition) is 0. The number of rotatable bonds is 1. The fraction of sp³-hybridized carbons (Fsp3) is 0.700. The lowest BCUT2D eigenvalue weighted by Gasteiger charge is -2.21. The molecular formula is C10H18S. The van der Waals surface area contributed by atoms with Gasteiger partial charge in [0, 0.05) is 11.7 Å². The van der Waals surface area contributed by atoms with Gasteiger partial charge in [-0.05, 0) is 11.5 Å². The Kier molecular flexibility index (Phi) is 4.42. The first kappa shape index (κ1) is 10.7. The van der Waals surface area contributed by atoms with Gasteiger partial charge in [0.1, 0.15) is 0 Å². The lowest BCUT2D eigenvalue weighted by atomic mass is 10.2. The van der Waals surface area contributed by atoms with Crippen LogP contribution in [0.3, 0.4) is 0 Å². The first-order valence-corrected chi connectivity index (χ1v) is 6.28. The second-order valence-electron chi connectivity index (χ2n) is 2.92. The predicted octanol–water partition coefficient (Wildman–Crippen LogP) is 2.69. The molecular weight excluding hydrogens is 152 g/mol. The number of hydrogen-bond donors (Lipinski definition) is 0. The molecule has 0 fully saturated rings. The third kappa shape index (κ3) is 3.56. The molecule has 0 N–H and O–H groups in total. The molecule has 0 aliphatic rings. The van der Waals surface area contributed by atoms with Gasteiger partial charge in [-0.25, -0.2) is 0 Å². The molecule has 0 saturated carbocycles. The van der Waals surface area contributed by atoms with Crippen LogP contribution in [0.2, 0.25) is 0 Å². The van der Waals surface area contributed by atoms with E-state index >= 15 is 0 Å². The van der Waals surface area contributed by atoms with E-state index in [4.69, 9.17) is 12.1 Å². The fourth-order valence-corrected chi connectivity index (χ4v) is 2.96. The molecule has 0 aliphatic carbocycles. The van der Waals surface area contributed by atoms with E-state index in [0.29, 0.717) is 5.92 Å². The average molecular weight is 170 g/mol. The second-order valence-corrected chi connectivity index (χ2v) is 6.64. The maximum atomic E-state index is 6.16. The van der Waals surface area contributed by atoms with E-state index in [9.17, 15) is 0 Å². The third-order valence-electron chi connectivity index (χ3n) is 2.02. The van der Waals surface area contributed by atoms with Crippen molar-refractivity contribution in [1.29, 1.82) is 0 Å². The van der Waals surface area contributed by atoms with Crippen LogP contribution < -0.4 is 0 Å². The normalized spacial score (nSPS) is 13.9. The summed E-state index contributed by atoms with van der Waals surface area (Å²) in [7, 11) is -0.869. The Morgan fingerprint density at radius 3 is 2.09 bits per heavy atom. The lowest BCUT2D eigenvalue weighted by Crippen LogP contribution is -2.05. The van der Waals surface area contributed by atoms with Crippen molar-refractivity contribution in [3.8, 4) is 18.0 Å². The van der Waals surface area contributed by atoms with Gasteiger partial charge >= 0.3 is 0 Å². The van der Waals surface area contributed by atoms with Crippen LogP contribution in [0.4, 0.5) is 0 Å². The van der Waals surface area contributed by atoms with Gasteiger partial charge in [-0.2, -0.15) is 9.44 Å². The summed E-state index contributed by atoms with van der Waals surface area (Å²) in [5.74, 6) is 6.28. The lowest BCUT2D eigenvalue weighted by molar-refractivity contribution is 0.878. The topological polar surface area (TPSA) is 0 Å². The molecule has 0 heterocycles. The molecule has 0 rings (SSSR count). The zero-order chi connectivity index (χ0) is 8.91. The minimum Gasteiger partial charge on any atom is -0.191 e. The molecule has 0 aromatic carbocycles. The molecule has 0 bridgehead atoms. The van der Waals surface area contributed by atoms with Crippen LogP contribution >= 0.6 is 9.44 Å². The Labute approximate surface area is 71.9 Å². The highest BCUT2D eigenvalue weighted by molar-refractivity contribution is 8.23. The average Bonchev–Trinajstić information content (AvgIpc) is 2.04. The van der Waals surface area contributed by atoms with Crippen LogP contribution in [-0.4, -0.2) is 17.3 Å². The zero-order valence-corrected chi connectivity index (χ0v) is 8.58. The highest BCUT2D eigenvalue weighted by Gasteiger charge is 2.08. The first-order valence-electron chi connectivity index (χ1n) is 4.08. The van der Waals surface area contributed by atoms with Gasteiger partial charge in [-0.3, -0.25) is 0 Å². The van der Waals surface area contributed by atoms with Crippen molar-refractivity contribution in [3.63, 3.8) is 0 Å². The zero-order valence-electron chi connectivity index (χ0n) is 7.76. The SMILES string of the molecule is C#CC(C)CS(#C)(CC)CC. The van der Waals surface area contributed by atoms with Crippen molar-refractivity contribution in [2.75, 3.05) is 17.3 Å². The summed E-state index contributed by atoms with van der Waals surface area (Å²) >= 11 is 0. The molecule has 1 atom stereocenters. The molecule has 1 unspecified atom stereocenters. The van der Waals surface area contributed by atoms with E-state index in [0.717, 1.165) is 17.3 Å². The molecule has 0 aromatic heterocycles. The maximum Gasteiger partial charge on any atom is 0.0256 e. The van der Waals surface area contributed by atoms with Crippen molar-refractivity contribution in [3.05, 3.63) is 0 Å². The maximum absolute atomic E-state index is 6.16. The van der Waals surface area contributed by atoms with Crippen molar-refractivity contribution in [2.45, 2.75) is 20.8 Å². The van der Waals surface area contributed by atoms with E-state index < -0.39 is 9.44 Å². The Morgan fingerprint density at radius 2 is 1.82 bits per heavy atom. The van der Waals surface area contributed by atoms with Crippen LogP contribution in [-0.2, 0) is 0 Å². The Bertz CT molecular complexity index is 223. The van der Waals surface area contributed by atoms with E-state index in [1.54, 1.807) is 0 Å². The second kappa shape index (κ2) is 4.54. The molecule has 1 heteroatoms. The van der Waals surface area contributed by atoms with E-state index in [2.05, 4.69) is 26.7 Å². The van der Waals surface area contributed by atoms with Gasteiger partial charge in [-0.15, -0.1) is 18.0 Å². The summed E-state index contributed by atoms with van der Waals surface area (Å²) < 4.78 is 0. The van der Waals surface area contributed by atoms with E-state index in [1.807, 2.05) is 0 Å². The largest absolute Gasteiger partial charge is 0.191 e. The molecule has 11 heavy (non-hydrogen) atoms. The van der Waals surface area contributed by atoms with Gasteiger partial charge in [0.2, 0.25) is 0 Å². The molecule has 0 spiro atoms. The summed E-state index contributed by atoms with van der Waals surface area (Å²) in [5, 5.41) is 0. The minimum atomic E-state index is -0.869. The molecule has 0 aliphatic heterocycles. The van der Waals surface area contributed by atoms with Crippen molar-refractivity contribution in [1.82, 2.24) is 0 Å². The summed E-state index contributed by atoms with van der Waals surface area (Å²) in [6, 6.07) is 0. The van der Waals surface area contributed by atoms with Gasteiger partial charge < -0.3 is 0 Å². The van der Waals surface area contributed by atoms with Gasteiger partial charge in [0.25, 0.3) is 0 Å². The van der Waals surface area contributed by atoms with Crippen LogP contribution in [0.1, 0.15) is 20.8 Å². The first-order chi connectivity index (χ1) is 5.08. The van der Waals surface area contributed by atoms with Crippen molar-refractivity contribution < 1.29 is 0 Å². The summed E-state index contributed by atoms with van der Waals surface area (Å²) in [6.07, 6.45) is 5.30. The van der Waals surface area contributed by atoms with Gasteiger partial charge in [0.05, 0.1) is 0 Å². The fourth-order valence-electron chi connectivity index (χ4n) is 0.986. The summed E-state index contributed by atoms with van der Waals surface area (Å²) in [5.41, 5.74) is 6.16. The Balaban J connectivity index is 4.16. The van der Waals surface area contributed by atoms with Crippen LogP contribution in [0.5, 0.6) is 0 Å². The molecule has 64 valence electrons. The monoisotopic (exact) mass is 170 g/mol. The third-order valence-corrected chi connectivity index (χ3v) is 5.48. The molecule has 0 saturated heterocycles. The van der Waals surface area contributed by atoms with Crippen molar-refractivity contribution >= 4 is 9.44 Å². The van der Waals surface area contributed by atoms with Crippen LogP contribution in [0.25, 0.3) is 0 Å². The minimum absolute atomic E-state index is 0.342. The number of terminal acetylenes is 1. The summed E-state index contributed by atoms with van der Waals surface area (Å²) in [6.45, 7) is 6.38. The predicted molar refractivity (Wildman–Crippen MR) is 56.5 cm³/mol. The molecule has 0 aromatic rings. The standard InChI is InChI=1S/C10H18S/c1-6-10(4)9-11(5,7-2)8-3/h1,5,10H,7-9H2,2-4H3. The quantitative estimate of drug-likeness (QED) is 0.531. The Hall–Kier alpha value is -0.310. The highest BCUT2D eigenvalue weighted by Crippen LogP contribution is 2.32. The molecule has 0 nitrogen and oxygen atoms in total. The van der Waals surface area contributed by atoms with Crippen LogP contribution in [0, 0.1) is 23.9 Å². The van der Waals surface area contributed by atoms with Gasteiger partial charge in [-0.1, -0.05) is 20.8 Å². The van der Waals surface area contributed by atoms with E-state index in [1.165, 1.54) is 0 Å². The van der Waals surface area contributed by atoms with Crippen LogP contribution in [0.15, 0.2) is 0 Å². The molecule has 0 radical (unpaired) electrons. The summed E-state index contributed by atoms with van der Waals surface area (Å²) in [4.78, 5) is 0. The Morgan fingerprint density at radius 1 is 1.36 bits per heavy atom. The van der Waals surface area contributed by atoms with Gasteiger partial charge in [0.15, 0.2) is 0 Å². The molecule has 0 amide bonds.